The molecule has 0 heterocycles. The first-order valence-corrected chi connectivity index (χ1v) is 5.45. The number of rotatable bonds is 0. The molecule has 1 fully saturated rings. The van der Waals surface area contributed by atoms with Gasteiger partial charge < -0.3 is 5.11 Å². The highest BCUT2D eigenvalue weighted by atomic mass is 16.2. The van der Waals surface area contributed by atoms with Crippen molar-refractivity contribution in [2.24, 2.45) is 0 Å². The first-order chi connectivity index (χ1) is 6.00. The third kappa shape index (κ3) is 22.5. The highest BCUT2D eigenvalue weighted by Gasteiger charge is 1.95. The minimum Gasteiger partial charge on any atom is -0.400 e. The van der Waals surface area contributed by atoms with Crippen LogP contribution in [0.1, 0.15) is 66.2 Å². The maximum Gasteiger partial charge on any atom is 0.0319 e. The van der Waals surface area contributed by atoms with Gasteiger partial charge in [0.15, 0.2) is 0 Å². The van der Waals surface area contributed by atoms with Gasteiger partial charge >= 0.3 is 0 Å². The lowest BCUT2D eigenvalue weighted by molar-refractivity contribution is 0.399. The van der Waals surface area contributed by atoms with Crippen LogP contribution in [-0.2, 0) is 0 Å². The molecule has 1 aliphatic carbocycles. The molecule has 0 aromatic rings. The standard InChI is InChI=1S/C6H12.2C2H6.CH4O/c1-2-4-6-5-3-1;3*1-2/h1-6H2;2*1-2H3;2H,1H3. The summed E-state index contributed by atoms with van der Waals surface area (Å²) in [5, 5.41) is 7.00. The van der Waals surface area contributed by atoms with E-state index < -0.39 is 0 Å². The Balaban J connectivity index is -0.000000117. The summed E-state index contributed by atoms with van der Waals surface area (Å²) < 4.78 is 0. The van der Waals surface area contributed by atoms with E-state index in [4.69, 9.17) is 5.11 Å². The van der Waals surface area contributed by atoms with Crippen LogP contribution in [-0.4, -0.2) is 12.2 Å². The van der Waals surface area contributed by atoms with E-state index in [0.717, 1.165) is 7.11 Å². The fraction of sp³-hybridized carbons (Fsp3) is 1.00. The molecule has 0 radical (unpaired) electrons. The summed E-state index contributed by atoms with van der Waals surface area (Å²) >= 11 is 0. The number of aliphatic hydroxyl groups is 1. The summed E-state index contributed by atoms with van der Waals surface area (Å²) in [5.41, 5.74) is 0. The number of hydrogen-bond donors (Lipinski definition) is 1. The molecule has 0 atom stereocenters. The number of aliphatic hydroxyl groups excluding tert-OH is 1. The molecule has 1 N–H and O–H groups in total. The molecule has 0 spiro atoms. The molecule has 12 heavy (non-hydrogen) atoms. The van der Waals surface area contributed by atoms with Crippen molar-refractivity contribution in [3.05, 3.63) is 0 Å². The van der Waals surface area contributed by atoms with Crippen molar-refractivity contribution in [3.63, 3.8) is 0 Å². The van der Waals surface area contributed by atoms with Crippen molar-refractivity contribution >= 4 is 0 Å². The van der Waals surface area contributed by atoms with Crippen LogP contribution in [0.3, 0.4) is 0 Å². The highest BCUT2D eigenvalue weighted by molar-refractivity contribution is 4.51. The van der Waals surface area contributed by atoms with E-state index in [0.29, 0.717) is 0 Å². The monoisotopic (exact) mass is 176 g/mol. The van der Waals surface area contributed by atoms with Crippen LogP contribution in [0.4, 0.5) is 0 Å². The summed E-state index contributed by atoms with van der Waals surface area (Å²) in [6, 6.07) is 0. The molecule has 0 saturated heterocycles. The summed E-state index contributed by atoms with van der Waals surface area (Å²) in [7, 11) is 1.00. The van der Waals surface area contributed by atoms with Crippen molar-refractivity contribution in [1.29, 1.82) is 0 Å². The summed E-state index contributed by atoms with van der Waals surface area (Å²) in [4.78, 5) is 0. The molecule has 0 aromatic heterocycles. The molecule has 0 amide bonds. The molecule has 1 heteroatoms. The molecule has 78 valence electrons. The topological polar surface area (TPSA) is 20.2 Å². The van der Waals surface area contributed by atoms with E-state index in [-0.39, 0.29) is 0 Å². The van der Waals surface area contributed by atoms with Gasteiger partial charge in [0.1, 0.15) is 0 Å². The van der Waals surface area contributed by atoms with Crippen LogP contribution in [0.2, 0.25) is 0 Å². The van der Waals surface area contributed by atoms with E-state index in [1.165, 1.54) is 38.5 Å². The lowest BCUT2D eigenvalue weighted by Gasteiger charge is -2.05. The largest absolute Gasteiger partial charge is 0.400 e. The van der Waals surface area contributed by atoms with Crippen molar-refractivity contribution in [2.45, 2.75) is 66.2 Å². The second-order valence-corrected chi connectivity index (χ2v) is 2.12. The maximum absolute atomic E-state index is 7.00. The van der Waals surface area contributed by atoms with Crippen LogP contribution in [0.5, 0.6) is 0 Å². The average molecular weight is 176 g/mol. The average Bonchev–Trinajstić information content (AvgIpc) is 2.29. The lowest BCUT2D eigenvalue weighted by atomic mass is 10.0. The molecular weight excluding hydrogens is 148 g/mol. The predicted molar refractivity (Wildman–Crippen MR) is 58.5 cm³/mol. The Kier molecular flexibility index (Phi) is 45.6. The van der Waals surface area contributed by atoms with E-state index in [9.17, 15) is 0 Å². The van der Waals surface area contributed by atoms with Gasteiger partial charge in [-0.2, -0.15) is 0 Å². The molecule has 1 rings (SSSR count). The Morgan fingerprint density at radius 3 is 0.667 bits per heavy atom. The maximum atomic E-state index is 7.00. The minimum absolute atomic E-state index is 1.00. The molecule has 0 bridgehead atoms. The Labute approximate surface area is 79.2 Å². The van der Waals surface area contributed by atoms with Crippen molar-refractivity contribution in [2.75, 3.05) is 7.11 Å². The van der Waals surface area contributed by atoms with E-state index in [1.54, 1.807) is 0 Å². The predicted octanol–water partition coefficient (Wildman–Crippen LogP) is 4.00. The second kappa shape index (κ2) is 30.6. The van der Waals surface area contributed by atoms with Gasteiger partial charge in [-0.15, -0.1) is 0 Å². The van der Waals surface area contributed by atoms with Gasteiger partial charge in [0.05, 0.1) is 0 Å². The molecule has 0 aliphatic heterocycles. The molecule has 1 nitrogen and oxygen atoms in total. The first-order valence-electron chi connectivity index (χ1n) is 5.45. The fourth-order valence-corrected chi connectivity index (χ4v) is 1.06. The Morgan fingerprint density at radius 1 is 0.500 bits per heavy atom. The highest BCUT2D eigenvalue weighted by Crippen LogP contribution is 2.15. The van der Waals surface area contributed by atoms with E-state index >= 15 is 0 Å². The fourth-order valence-electron chi connectivity index (χ4n) is 1.06. The Bertz CT molecular complexity index is 20.5. The summed E-state index contributed by atoms with van der Waals surface area (Å²) in [6.45, 7) is 8.00. The zero-order chi connectivity index (χ0) is 10.2. The Morgan fingerprint density at radius 2 is 0.583 bits per heavy atom. The van der Waals surface area contributed by atoms with Gasteiger partial charge in [-0.3, -0.25) is 0 Å². The van der Waals surface area contributed by atoms with Crippen molar-refractivity contribution in [3.8, 4) is 0 Å². The molecule has 0 unspecified atom stereocenters. The summed E-state index contributed by atoms with van der Waals surface area (Å²) in [5.74, 6) is 0. The molecule has 1 saturated carbocycles. The second-order valence-electron chi connectivity index (χ2n) is 2.12. The SMILES string of the molecule is C1CCCCC1.CC.CC.CO. The lowest BCUT2D eigenvalue weighted by Crippen LogP contribution is -1.85. The zero-order valence-electron chi connectivity index (χ0n) is 9.69. The quantitative estimate of drug-likeness (QED) is 0.591. The van der Waals surface area contributed by atoms with Gasteiger partial charge in [-0.1, -0.05) is 66.2 Å². The Hall–Kier alpha value is -0.0400. The van der Waals surface area contributed by atoms with Gasteiger partial charge in [0, 0.05) is 7.11 Å². The van der Waals surface area contributed by atoms with Gasteiger partial charge in [0.25, 0.3) is 0 Å². The smallest absolute Gasteiger partial charge is 0.0319 e. The van der Waals surface area contributed by atoms with Crippen LogP contribution < -0.4 is 0 Å². The van der Waals surface area contributed by atoms with Crippen LogP contribution >= 0.6 is 0 Å². The van der Waals surface area contributed by atoms with Gasteiger partial charge in [0.2, 0.25) is 0 Å². The van der Waals surface area contributed by atoms with Crippen LogP contribution in [0, 0.1) is 0 Å². The number of hydrogen-bond acceptors (Lipinski definition) is 1. The molecular formula is C11H28O. The normalized spacial score (nSPS) is 13.5. The van der Waals surface area contributed by atoms with E-state index in [1.807, 2.05) is 27.7 Å². The van der Waals surface area contributed by atoms with Crippen molar-refractivity contribution in [1.82, 2.24) is 0 Å². The first kappa shape index (κ1) is 17.9. The molecule has 1 aliphatic rings. The zero-order valence-corrected chi connectivity index (χ0v) is 9.69. The van der Waals surface area contributed by atoms with Crippen LogP contribution in [0.15, 0.2) is 0 Å². The van der Waals surface area contributed by atoms with Gasteiger partial charge in [-0.05, 0) is 0 Å². The third-order valence-corrected chi connectivity index (χ3v) is 1.50. The van der Waals surface area contributed by atoms with Crippen molar-refractivity contribution < 1.29 is 5.11 Å². The van der Waals surface area contributed by atoms with E-state index in [2.05, 4.69) is 0 Å². The van der Waals surface area contributed by atoms with Gasteiger partial charge in [-0.25, -0.2) is 0 Å². The third-order valence-electron chi connectivity index (χ3n) is 1.50. The molecule has 0 aromatic carbocycles. The summed E-state index contributed by atoms with van der Waals surface area (Å²) in [6.07, 6.45) is 9.00. The van der Waals surface area contributed by atoms with Crippen LogP contribution in [0.25, 0.3) is 0 Å². The minimum atomic E-state index is 1.00.